The first-order valence-corrected chi connectivity index (χ1v) is 4.69. The topological polar surface area (TPSA) is 30.7 Å². The molecule has 72 valence electrons. The van der Waals surface area contributed by atoms with Gasteiger partial charge in [0.05, 0.1) is 10.7 Å². The molecule has 0 radical (unpaired) electrons. The van der Waals surface area contributed by atoms with Crippen molar-refractivity contribution in [1.82, 2.24) is 14.5 Å². The SMILES string of the molecule is Cc1ncn(-c2ccc(Cl)cn2)c1C. The molecule has 0 saturated carbocycles. The van der Waals surface area contributed by atoms with Crippen molar-refractivity contribution in [3.8, 4) is 5.82 Å². The summed E-state index contributed by atoms with van der Waals surface area (Å²) in [7, 11) is 0. The van der Waals surface area contributed by atoms with Crippen molar-refractivity contribution in [3.63, 3.8) is 0 Å². The van der Waals surface area contributed by atoms with E-state index in [1.54, 1.807) is 12.5 Å². The maximum atomic E-state index is 5.76. The van der Waals surface area contributed by atoms with E-state index in [1.807, 2.05) is 30.5 Å². The van der Waals surface area contributed by atoms with Gasteiger partial charge in [-0.05, 0) is 26.0 Å². The molecule has 2 aromatic rings. The Morgan fingerprint density at radius 3 is 2.50 bits per heavy atom. The van der Waals surface area contributed by atoms with Crippen molar-refractivity contribution in [2.45, 2.75) is 13.8 Å². The minimum absolute atomic E-state index is 0.642. The third-order valence-electron chi connectivity index (χ3n) is 2.21. The second-order valence-electron chi connectivity index (χ2n) is 3.12. The largest absolute Gasteiger partial charge is 0.287 e. The van der Waals surface area contributed by atoms with Gasteiger partial charge in [-0.15, -0.1) is 0 Å². The molecule has 0 aliphatic rings. The first-order valence-electron chi connectivity index (χ1n) is 4.31. The normalized spacial score (nSPS) is 10.5. The Hall–Kier alpha value is -1.35. The fraction of sp³-hybridized carbons (Fsp3) is 0.200. The van der Waals surface area contributed by atoms with Crippen LogP contribution in [0.15, 0.2) is 24.7 Å². The van der Waals surface area contributed by atoms with Crippen molar-refractivity contribution in [2.24, 2.45) is 0 Å². The van der Waals surface area contributed by atoms with E-state index in [0.29, 0.717) is 5.02 Å². The van der Waals surface area contributed by atoms with Crippen molar-refractivity contribution >= 4 is 11.6 Å². The highest BCUT2D eigenvalue weighted by Gasteiger charge is 2.04. The quantitative estimate of drug-likeness (QED) is 0.720. The van der Waals surface area contributed by atoms with Gasteiger partial charge in [0.2, 0.25) is 0 Å². The lowest BCUT2D eigenvalue weighted by molar-refractivity contribution is 0.950. The lowest BCUT2D eigenvalue weighted by Gasteiger charge is -2.03. The average molecular weight is 208 g/mol. The first kappa shape index (κ1) is 9.21. The molecule has 0 aliphatic carbocycles. The standard InChI is InChI=1S/C10H10ClN3/c1-7-8(2)14(6-13-7)10-4-3-9(11)5-12-10/h3-6H,1-2H3. The molecule has 2 aromatic heterocycles. The van der Waals surface area contributed by atoms with Crippen molar-refractivity contribution in [3.05, 3.63) is 41.1 Å². The molecule has 14 heavy (non-hydrogen) atoms. The smallest absolute Gasteiger partial charge is 0.138 e. The van der Waals surface area contributed by atoms with Gasteiger partial charge in [-0.1, -0.05) is 11.6 Å². The predicted molar refractivity (Wildman–Crippen MR) is 55.8 cm³/mol. The fourth-order valence-electron chi connectivity index (χ4n) is 1.24. The van der Waals surface area contributed by atoms with Crippen LogP contribution < -0.4 is 0 Å². The number of imidazole rings is 1. The lowest BCUT2D eigenvalue weighted by atomic mass is 10.3. The first-order chi connectivity index (χ1) is 6.68. The molecule has 3 nitrogen and oxygen atoms in total. The highest BCUT2D eigenvalue weighted by molar-refractivity contribution is 6.30. The van der Waals surface area contributed by atoms with Crippen LogP contribution in [0.3, 0.4) is 0 Å². The molecule has 0 N–H and O–H groups in total. The number of hydrogen-bond acceptors (Lipinski definition) is 2. The van der Waals surface area contributed by atoms with Crippen LogP contribution in [0.5, 0.6) is 0 Å². The van der Waals surface area contributed by atoms with Crippen LogP contribution in [0.4, 0.5) is 0 Å². The van der Waals surface area contributed by atoms with E-state index in [1.165, 1.54) is 0 Å². The van der Waals surface area contributed by atoms with Crippen LogP contribution in [-0.4, -0.2) is 14.5 Å². The molecule has 2 rings (SSSR count). The fourth-order valence-corrected chi connectivity index (χ4v) is 1.35. The summed E-state index contributed by atoms with van der Waals surface area (Å²) in [6.45, 7) is 3.99. The molecular weight excluding hydrogens is 198 g/mol. The maximum absolute atomic E-state index is 5.76. The monoisotopic (exact) mass is 207 g/mol. The highest BCUT2D eigenvalue weighted by atomic mass is 35.5. The zero-order valence-corrected chi connectivity index (χ0v) is 8.78. The summed E-state index contributed by atoms with van der Waals surface area (Å²) in [6, 6.07) is 3.69. The van der Waals surface area contributed by atoms with Crippen LogP contribution in [0.2, 0.25) is 5.02 Å². The molecule has 0 bridgehead atoms. The van der Waals surface area contributed by atoms with Gasteiger partial charge in [-0.2, -0.15) is 0 Å². The molecule has 0 amide bonds. The van der Waals surface area contributed by atoms with Gasteiger partial charge in [0.15, 0.2) is 0 Å². The molecule has 0 spiro atoms. The number of halogens is 1. The Kier molecular flexibility index (Phi) is 2.25. The Bertz CT molecular complexity index is 445. The van der Waals surface area contributed by atoms with Gasteiger partial charge in [0.1, 0.15) is 12.1 Å². The number of pyridine rings is 1. The molecule has 0 aromatic carbocycles. The van der Waals surface area contributed by atoms with Crippen LogP contribution in [-0.2, 0) is 0 Å². The highest BCUT2D eigenvalue weighted by Crippen LogP contribution is 2.13. The number of rotatable bonds is 1. The number of aromatic nitrogens is 3. The molecule has 0 atom stereocenters. The summed E-state index contributed by atoms with van der Waals surface area (Å²) in [6.07, 6.45) is 3.40. The number of aryl methyl sites for hydroxylation is 1. The van der Waals surface area contributed by atoms with Crippen molar-refractivity contribution < 1.29 is 0 Å². The van der Waals surface area contributed by atoms with Crippen molar-refractivity contribution in [2.75, 3.05) is 0 Å². The second kappa shape index (κ2) is 3.42. The van der Waals surface area contributed by atoms with Gasteiger partial charge < -0.3 is 0 Å². The number of nitrogens with zero attached hydrogens (tertiary/aromatic N) is 3. The van der Waals surface area contributed by atoms with Crippen LogP contribution in [0.25, 0.3) is 5.82 Å². The molecular formula is C10H10ClN3. The predicted octanol–water partition coefficient (Wildman–Crippen LogP) is 2.54. The van der Waals surface area contributed by atoms with Gasteiger partial charge >= 0.3 is 0 Å². The zero-order valence-electron chi connectivity index (χ0n) is 8.03. The Balaban J connectivity index is 2.49. The second-order valence-corrected chi connectivity index (χ2v) is 3.56. The van der Waals surface area contributed by atoms with E-state index in [-0.39, 0.29) is 0 Å². The van der Waals surface area contributed by atoms with E-state index in [2.05, 4.69) is 9.97 Å². The van der Waals surface area contributed by atoms with Gasteiger partial charge in [-0.25, -0.2) is 9.97 Å². The summed E-state index contributed by atoms with van der Waals surface area (Å²) >= 11 is 5.76. The summed E-state index contributed by atoms with van der Waals surface area (Å²) in [5.74, 6) is 0.840. The molecule has 0 fully saturated rings. The van der Waals surface area contributed by atoms with Crippen LogP contribution >= 0.6 is 11.6 Å². The van der Waals surface area contributed by atoms with E-state index < -0.39 is 0 Å². The molecule has 0 unspecified atom stereocenters. The summed E-state index contributed by atoms with van der Waals surface area (Å²) in [5, 5.41) is 0.642. The van der Waals surface area contributed by atoms with Gasteiger partial charge in [0.25, 0.3) is 0 Å². The Morgan fingerprint density at radius 2 is 2.00 bits per heavy atom. The average Bonchev–Trinajstić information content (AvgIpc) is 2.50. The summed E-state index contributed by atoms with van der Waals surface area (Å²) in [5.41, 5.74) is 2.11. The van der Waals surface area contributed by atoms with E-state index >= 15 is 0 Å². The molecule has 0 aliphatic heterocycles. The molecule has 2 heterocycles. The minimum Gasteiger partial charge on any atom is -0.287 e. The number of hydrogen-bond donors (Lipinski definition) is 0. The van der Waals surface area contributed by atoms with Gasteiger partial charge in [-0.3, -0.25) is 4.57 Å². The third-order valence-corrected chi connectivity index (χ3v) is 2.43. The van der Waals surface area contributed by atoms with Crippen molar-refractivity contribution in [1.29, 1.82) is 0 Å². The van der Waals surface area contributed by atoms with E-state index in [9.17, 15) is 0 Å². The van der Waals surface area contributed by atoms with E-state index in [0.717, 1.165) is 17.2 Å². The van der Waals surface area contributed by atoms with Gasteiger partial charge in [0, 0.05) is 11.9 Å². The minimum atomic E-state index is 0.642. The van der Waals surface area contributed by atoms with Crippen LogP contribution in [0, 0.1) is 13.8 Å². The zero-order chi connectivity index (χ0) is 10.1. The lowest BCUT2D eigenvalue weighted by Crippen LogP contribution is -1.97. The third kappa shape index (κ3) is 1.51. The summed E-state index contributed by atoms with van der Waals surface area (Å²) < 4.78 is 1.94. The Labute approximate surface area is 87.4 Å². The van der Waals surface area contributed by atoms with Crippen LogP contribution in [0.1, 0.15) is 11.4 Å². The van der Waals surface area contributed by atoms with E-state index in [4.69, 9.17) is 11.6 Å². The summed E-state index contributed by atoms with van der Waals surface area (Å²) in [4.78, 5) is 8.42. The maximum Gasteiger partial charge on any atom is 0.138 e. The molecule has 0 saturated heterocycles. The Morgan fingerprint density at radius 1 is 1.21 bits per heavy atom. The molecule has 4 heteroatoms.